The molecule has 1 aromatic carbocycles. The highest BCUT2D eigenvalue weighted by molar-refractivity contribution is 5.85. The first-order valence-electron chi connectivity index (χ1n) is 4.53. The molecule has 5 heteroatoms. The van der Waals surface area contributed by atoms with Crippen LogP contribution in [-0.4, -0.2) is 31.2 Å². The third kappa shape index (κ3) is 3.30. The van der Waals surface area contributed by atoms with E-state index in [0.717, 1.165) is 0 Å². The van der Waals surface area contributed by atoms with Crippen molar-refractivity contribution in [3.05, 3.63) is 23.3 Å². The fourth-order valence-electron chi connectivity index (χ4n) is 1.35. The summed E-state index contributed by atoms with van der Waals surface area (Å²) in [5.74, 6) is 0.441. The zero-order valence-corrected chi connectivity index (χ0v) is 10.3. The van der Waals surface area contributed by atoms with Gasteiger partial charge in [-0.15, -0.1) is 12.4 Å². The average Bonchev–Trinajstić information content (AvgIpc) is 2.20. The number of aromatic hydroxyl groups is 1. The van der Waals surface area contributed by atoms with Crippen molar-refractivity contribution >= 4 is 12.4 Å². The molecule has 0 bridgehead atoms. The first-order chi connectivity index (χ1) is 7.08. The van der Waals surface area contributed by atoms with Gasteiger partial charge in [0.1, 0.15) is 0 Å². The molecule has 0 atom stereocenters. The van der Waals surface area contributed by atoms with Crippen LogP contribution in [0.25, 0.3) is 0 Å². The lowest BCUT2D eigenvalue weighted by molar-refractivity contribution is 0.354. The number of nitriles is 1. The third-order valence-electron chi connectivity index (χ3n) is 1.99. The third-order valence-corrected chi connectivity index (χ3v) is 1.99. The largest absolute Gasteiger partial charge is 0.504 e. The van der Waals surface area contributed by atoms with Crippen molar-refractivity contribution in [1.29, 1.82) is 5.26 Å². The van der Waals surface area contributed by atoms with Crippen LogP contribution >= 0.6 is 12.4 Å². The van der Waals surface area contributed by atoms with Gasteiger partial charge in [-0.2, -0.15) is 5.26 Å². The Morgan fingerprint density at radius 2 is 2.06 bits per heavy atom. The summed E-state index contributed by atoms with van der Waals surface area (Å²) in [5, 5.41) is 18.6. The van der Waals surface area contributed by atoms with Crippen LogP contribution in [0, 0.1) is 11.3 Å². The van der Waals surface area contributed by atoms with Gasteiger partial charge in [-0.25, -0.2) is 0 Å². The summed E-state index contributed by atoms with van der Waals surface area (Å²) in [7, 11) is 5.26. The van der Waals surface area contributed by atoms with Crippen molar-refractivity contribution in [2.24, 2.45) is 0 Å². The summed E-state index contributed by atoms with van der Waals surface area (Å²) >= 11 is 0. The van der Waals surface area contributed by atoms with Crippen LogP contribution in [0.4, 0.5) is 0 Å². The van der Waals surface area contributed by atoms with Gasteiger partial charge in [0.15, 0.2) is 11.5 Å². The molecule has 0 saturated carbocycles. The standard InChI is InChI=1S/C11H14N2O2.ClH/c1-13(2)7-9-4-8(6-12)5-10(15-3)11(9)14;/h4-5,14H,7H2,1-3H3;1H. The molecule has 0 aliphatic carbocycles. The van der Waals surface area contributed by atoms with Gasteiger partial charge in [0.05, 0.1) is 18.7 Å². The quantitative estimate of drug-likeness (QED) is 0.878. The molecule has 1 aromatic rings. The molecular weight excluding hydrogens is 228 g/mol. The van der Waals surface area contributed by atoms with E-state index in [2.05, 4.69) is 0 Å². The number of halogens is 1. The highest BCUT2D eigenvalue weighted by Gasteiger charge is 2.10. The van der Waals surface area contributed by atoms with Crippen LogP contribution in [0.1, 0.15) is 11.1 Å². The van der Waals surface area contributed by atoms with Gasteiger partial charge >= 0.3 is 0 Å². The van der Waals surface area contributed by atoms with Crippen LogP contribution in [0.3, 0.4) is 0 Å². The molecule has 1 N–H and O–H groups in total. The van der Waals surface area contributed by atoms with Gasteiger partial charge in [0, 0.05) is 18.2 Å². The normalized spacial score (nSPS) is 9.44. The molecular formula is C11H15ClN2O2. The van der Waals surface area contributed by atoms with E-state index in [1.54, 1.807) is 6.07 Å². The molecule has 1 rings (SSSR count). The predicted molar refractivity (Wildman–Crippen MR) is 64.0 cm³/mol. The second-order valence-electron chi connectivity index (χ2n) is 3.54. The Bertz CT molecular complexity index is 400. The molecule has 0 unspecified atom stereocenters. The Kier molecular flexibility index (Phi) is 5.65. The molecule has 16 heavy (non-hydrogen) atoms. The Morgan fingerprint density at radius 1 is 1.44 bits per heavy atom. The van der Waals surface area contributed by atoms with Crippen LogP contribution in [-0.2, 0) is 6.54 Å². The molecule has 0 heterocycles. The van der Waals surface area contributed by atoms with Gasteiger partial charge in [-0.1, -0.05) is 0 Å². The smallest absolute Gasteiger partial charge is 0.162 e. The summed E-state index contributed by atoms with van der Waals surface area (Å²) in [6.07, 6.45) is 0. The number of benzene rings is 1. The molecule has 0 amide bonds. The van der Waals surface area contributed by atoms with E-state index in [1.807, 2.05) is 25.1 Å². The van der Waals surface area contributed by atoms with E-state index in [9.17, 15) is 5.11 Å². The minimum atomic E-state index is 0. The lowest BCUT2D eigenvalue weighted by atomic mass is 10.1. The molecule has 0 aliphatic rings. The van der Waals surface area contributed by atoms with E-state index in [4.69, 9.17) is 10.00 Å². The fraction of sp³-hybridized carbons (Fsp3) is 0.364. The van der Waals surface area contributed by atoms with Crippen LogP contribution in [0.2, 0.25) is 0 Å². The van der Waals surface area contributed by atoms with Crippen LogP contribution in [0.15, 0.2) is 12.1 Å². The molecule has 0 spiro atoms. The number of rotatable bonds is 3. The lowest BCUT2D eigenvalue weighted by Crippen LogP contribution is -2.11. The fourth-order valence-corrected chi connectivity index (χ4v) is 1.35. The van der Waals surface area contributed by atoms with Gasteiger partial charge in [-0.3, -0.25) is 0 Å². The van der Waals surface area contributed by atoms with Crippen molar-refractivity contribution < 1.29 is 9.84 Å². The Balaban J connectivity index is 0.00000225. The van der Waals surface area contributed by atoms with Gasteiger partial charge < -0.3 is 14.7 Å². The maximum atomic E-state index is 9.80. The number of phenolic OH excluding ortho intramolecular Hbond substituents is 1. The predicted octanol–water partition coefficient (Wildman–Crippen LogP) is 1.76. The summed E-state index contributed by atoms with van der Waals surface area (Å²) < 4.78 is 4.99. The SMILES string of the molecule is COc1cc(C#N)cc(CN(C)C)c1O.Cl. The van der Waals surface area contributed by atoms with Crippen molar-refractivity contribution in [3.63, 3.8) is 0 Å². The zero-order chi connectivity index (χ0) is 11.4. The molecule has 0 aliphatic heterocycles. The highest BCUT2D eigenvalue weighted by atomic mass is 35.5. The maximum absolute atomic E-state index is 9.80. The summed E-state index contributed by atoms with van der Waals surface area (Å²) in [6.45, 7) is 0.567. The zero-order valence-electron chi connectivity index (χ0n) is 9.52. The van der Waals surface area contributed by atoms with Gasteiger partial charge in [0.25, 0.3) is 0 Å². The number of nitrogens with zero attached hydrogens (tertiary/aromatic N) is 2. The average molecular weight is 243 g/mol. The van der Waals surface area contributed by atoms with E-state index < -0.39 is 0 Å². The lowest BCUT2D eigenvalue weighted by Gasteiger charge is -2.13. The Morgan fingerprint density at radius 3 is 2.50 bits per heavy atom. The Hall–Kier alpha value is -1.44. The van der Waals surface area contributed by atoms with Crippen molar-refractivity contribution in [3.8, 4) is 17.6 Å². The second-order valence-corrected chi connectivity index (χ2v) is 3.54. The summed E-state index contributed by atoms with van der Waals surface area (Å²) in [5.41, 5.74) is 1.18. The molecule has 0 saturated heterocycles. The van der Waals surface area contributed by atoms with E-state index in [0.29, 0.717) is 23.4 Å². The van der Waals surface area contributed by atoms with E-state index in [-0.39, 0.29) is 18.2 Å². The number of ether oxygens (including phenoxy) is 1. The van der Waals surface area contributed by atoms with Crippen molar-refractivity contribution in [2.45, 2.75) is 6.54 Å². The first-order valence-corrected chi connectivity index (χ1v) is 4.53. The molecule has 4 nitrogen and oxygen atoms in total. The van der Waals surface area contributed by atoms with Crippen LogP contribution in [0.5, 0.6) is 11.5 Å². The molecule has 88 valence electrons. The maximum Gasteiger partial charge on any atom is 0.162 e. The molecule has 0 aromatic heterocycles. The molecule has 0 fully saturated rings. The van der Waals surface area contributed by atoms with Gasteiger partial charge in [-0.05, 0) is 20.2 Å². The number of methoxy groups -OCH3 is 1. The molecule has 0 radical (unpaired) electrons. The number of hydrogen-bond donors (Lipinski definition) is 1. The number of phenols is 1. The topological polar surface area (TPSA) is 56.5 Å². The number of hydrogen-bond acceptors (Lipinski definition) is 4. The summed E-state index contributed by atoms with van der Waals surface area (Å²) in [4.78, 5) is 1.91. The van der Waals surface area contributed by atoms with Crippen molar-refractivity contribution in [1.82, 2.24) is 4.90 Å². The van der Waals surface area contributed by atoms with E-state index >= 15 is 0 Å². The van der Waals surface area contributed by atoms with Crippen molar-refractivity contribution in [2.75, 3.05) is 21.2 Å². The highest BCUT2D eigenvalue weighted by Crippen LogP contribution is 2.31. The minimum absolute atomic E-state index is 0. The van der Waals surface area contributed by atoms with Crippen LogP contribution < -0.4 is 4.74 Å². The second kappa shape index (κ2) is 6.21. The minimum Gasteiger partial charge on any atom is -0.504 e. The monoisotopic (exact) mass is 242 g/mol. The first kappa shape index (κ1) is 14.6. The summed E-state index contributed by atoms with van der Waals surface area (Å²) in [6, 6.07) is 5.22. The van der Waals surface area contributed by atoms with Gasteiger partial charge in [0.2, 0.25) is 0 Å². The van der Waals surface area contributed by atoms with E-state index in [1.165, 1.54) is 13.2 Å². The Labute approximate surface area is 101 Å².